The Morgan fingerprint density at radius 1 is 0.476 bits per heavy atom. The molecule has 0 amide bonds. The highest BCUT2D eigenvalue weighted by Gasteiger charge is 2.27. The van der Waals surface area contributed by atoms with Crippen LogP contribution in [0.1, 0.15) is 232 Å². The zero-order chi connectivity index (χ0) is 46.2. The number of unbranched alkanes of at least 4 members (excludes halogenated alkanes) is 26. The predicted molar refractivity (Wildman–Crippen MR) is 261 cm³/mol. The molecule has 0 radical (unpaired) electrons. The third-order valence-corrected chi connectivity index (χ3v) is 11.9. The SMILES string of the molecule is CCCCCCCCC/C=C/C/C=C/C/C=C/C/C=C/CCCC(=O)OC[C@H](COP(=O)(O)OC[C@@H](O)CO)OC(=O)CCCCCCCCCCCCCCCCCCCCC. The molecule has 1 unspecified atom stereocenters. The molecule has 11 heteroatoms. The fourth-order valence-corrected chi connectivity index (χ4v) is 7.84. The molecule has 0 aliphatic rings. The third-order valence-electron chi connectivity index (χ3n) is 11.0. The van der Waals surface area contributed by atoms with E-state index in [9.17, 15) is 24.2 Å². The molecule has 63 heavy (non-hydrogen) atoms. The van der Waals surface area contributed by atoms with Gasteiger partial charge < -0.3 is 24.6 Å². The molecule has 0 saturated heterocycles. The number of phosphoric acid groups is 1. The zero-order valence-corrected chi connectivity index (χ0v) is 41.2. The number of carbonyl (C=O) groups excluding carboxylic acids is 2. The van der Waals surface area contributed by atoms with Crippen molar-refractivity contribution in [2.24, 2.45) is 0 Å². The van der Waals surface area contributed by atoms with E-state index in [2.05, 4.69) is 56.4 Å². The molecule has 0 aromatic carbocycles. The lowest BCUT2D eigenvalue weighted by Crippen LogP contribution is -2.29. The number of phosphoric ester groups is 1. The minimum Gasteiger partial charge on any atom is -0.462 e. The van der Waals surface area contributed by atoms with Crippen molar-refractivity contribution in [2.75, 3.05) is 26.4 Å². The Bertz CT molecular complexity index is 1190. The average Bonchev–Trinajstić information content (AvgIpc) is 3.27. The molecule has 0 heterocycles. The second-order valence-corrected chi connectivity index (χ2v) is 18.7. The lowest BCUT2D eigenvalue weighted by Gasteiger charge is -2.20. The van der Waals surface area contributed by atoms with Crippen molar-refractivity contribution in [1.82, 2.24) is 0 Å². The number of carbonyl (C=O) groups is 2. The maximum absolute atomic E-state index is 12.7. The minimum absolute atomic E-state index is 0.167. The first-order valence-electron chi connectivity index (χ1n) is 25.6. The van der Waals surface area contributed by atoms with Crippen molar-refractivity contribution in [3.05, 3.63) is 48.6 Å². The van der Waals surface area contributed by atoms with Gasteiger partial charge in [0.15, 0.2) is 6.10 Å². The van der Waals surface area contributed by atoms with Crippen LogP contribution >= 0.6 is 7.82 Å². The van der Waals surface area contributed by atoms with E-state index in [0.29, 0.717) is 19.3 Å². The second-order valence-electron chi connectivity index (χ2n) is 17.2. The normalized spacial score (nSPS) is 14.0. The van der Waals surface area contributed by atoms with E-state index < -0.39 is 51.8 Å². The Hall–Kier alpha value is -2.07. The molecule has 0 aromatic heterocycles. The molecule has 368 valence electrons. The van der Waals surface area contributed by atoms with Crippen molar-refractivity contribution in [1.29, 1.82) is 0 Å². The van der Waals surface area contributed by atoms with E-state index >= 15 is 0 Å². The highest BCUT2D eigenvalue weighted by atomic mass is 31.2. The minimum atomic E-state index is -4.63. The van der Waals surface area contributed by atoms with Gasteiger partial charge in [-0.05, 0) is 51.4 Å². The quantitative estimate of drug-likeness (QED) is 0.0233. The Labute approximate surface area is 385 Å². The molecular weight excluding hydrogens is 816 g/mol. The highest BCUT2D eigenvalue weighted by Crippen LogP contribution is 2.43. The van der Waals surface area contributed by atoms with Crippen LogP contribution in [0.4, 0.5) is 0 Å². The van der Waals surface area contributed by atoms with E-state index in [-0.39, 0.29) is 19.4 Å². The van der Waals surface area contributed by atoms with Crippen molar-refractivity contribution in [3.8, 4) is 0 Å². The van der Waals surface area contributed by atoms with Crippen LogP contribution in [0.25, 0.3) is 0 Å². The summed E-state index contributed by atoms with van der Waals surface area (Å²) in [6.07, 6.45) is 53.7. The summed E-state index contributed by atoms with van der Waals surface area (Å²) in [5.74, 6) is -0.982. The molecule has 10 nitrogen and oxygen atoms in total. The molecule has 0 saturated carbocycles. The van der Waals surface area contributed by atoms with Crippen LogP contribution < -0.4 is 0 Å². The predicted octanol–water partition coefficient (Wildman–Crippen LogP) is 14.5. The highest BCUT2D eigenvalue weighted by molar-refractivity contribution is 7.47. The molecule has 0 aliphatic heterocycles. The van der Waals surface area contributed by atoms with Gasteiger partial charge in [0.1, 0.15) is 12.7 Å². The molecule has 0 bridgehead atoms. The van der Waals surface area contributed by atoms with E-state index in [1.807, 2.05) is 6.08 Å². The van der Waals surface area contributed by atoms with Gasteiger partial charge in [-0.15, -0.1) is 0 Å². The largest absolute Gasteiger partial charge is 0.472 e. The summed E-state index contributed by atoms with van der Waals surface area (Å²) in [6.45, 7) is 2.35. The van der Waals surface area contributed by atoms with Gasteiger partial charge >= 0.3 is 19.8 Å². The van der Waals surface area contributed by atoms with Gasteiger partial charge in [-0.3, -0.25) is 18.6 Å². The van der Waals surface area contributed by atoms with Crippen LogP contribution in [-0.2, 0) is 32.7 Å². The third kappa shape index (κ3) is 47.7. The summed E-state index contributed by atoms with van der Waals surface area (Å²) in [6, 6.07) is 0. The summed E-state index contributed by atoms with van der Waals surface area (Å²) >= 11 is 0. The van der Waals surface area contributed by atoms with Crippen LogP contribution in [0, 0.1) is 0 Å². The number of allylic oxidation sites excluding steroid dienone is 8. The van der Waals surface area contributed by atoms with Crippen molar-refractivity contribution in [3.63, 3.8) is 0 Å². The van der Waals surface area contributed by atoms with Crippen molar-refractivity contribution in [2.45, 2.75) is 244 Å². The summed E-state index contributed by atoms with van der Waals surface area (Å²) < 4.78 is 32.8. The molecule has 3 N–H and O–H groups in total. The average molecular weight is 911 g/mol. The lowest BCUT2D eigenvalue weighted by molar-refractivity contribution is -0.161. The fourth-order valence-electron chi connectivity index (χ4n) is 7.05. The smallest absolute Gasteiger partial charge is 0.462 e. The molecule has 0 fully saturated rings. The van der Waals surface area contributed by atoms with Gasteiger partial charge in [0.25, 0.3) is 0 Å². The van der Waals surface area contributed by atoms with Gasteiger partial charge in [0.05, 0.1) is 19.8 Å². The van der Waals surface area contributed by atoms with E-state index in [4.69, 9.17) is 23.6 Å². The first-order valence-corrected chi connectivity index (χ1v) is 27.1. The van der Waals surface area contributed by atoms with Crippen LogP contribution in [0.2, 0.25) is 0 Å². The van der Waals surface area contributed by atoms with Gasteiger partial charge in [0, 0.05) is 12.8 Å². The lowest BCUT2D eigenvalue weighted by atomic mass is 10.0. The summed E-state index contributed by atoms with van der Waals surface area (Å²) in [5.41, 5.74) is 0. The molecule has 0 aromatic rings. The first kappa shape index (κ1) is 60.9. The van der Waals surface area contributed by atoms with Crippen molar-refractivity contribution >= 4 is 19.8 Å². The number of aliphatic hydroxyl groups is 2. The van der Waals surface area contributed by atoms with Gasteiger partial charge in [-0.1, -0.05) is 217 Å². The van der Waals surface area contributed by atoms with Gasteiger partial charge in [-0.2, -0.15) is 0 Å². The number of hydrogen-bond acceptors (Lipinski definition) is 9. The number of hydrogen-bond donors (Lipinski definition) is 3. The Kier molecular flexibility index (Phi) is 46.3. The Balaban J connectivity index is 4.27. The van der Waals surface area contributed by atoms with Gasteiger partial charge in [0.2, 0.25) is 0 Å². The number of aliphatic hydroxyl groups excluding tert-OH is 2. The molecule has 3 atom stereocenters. The molecular formula is C52H95O10P. The number of ether oxygens (including phenoxy) is 2. The van der Waals surface area contributed by atoms with Crippen molar-refractivity contribution < 1.29 is 47.8 Å². The molecule has 0 spiro atoms. The number of rotatable bonds is 48. The summed E-state index contributed by atoms with van der Waals surface area (Å²) in [4.78, 5) is 35.1. The van der Waals surface area contributed by atoms with Gasteiger partial charge in [-0.25, -0.2) is 4.57 Å². The zero-order valence-electron chi connectivity index (χ0n) is 40.3. The fraction of sp³-hybridized carbons (Fsp3) is 0.808. The maximum Gasteiger partial charge on any atom is 0.472 e. The molecule has 0 aliphatic carbocycles. The summed E-state index contributed by atoms with van der Waals surface area (Å²) in [5, 5.41) is 18.4. The topological polar surface area (TPSA) is 149 Å². The van der Waals surface area contributed by atoms with Crippen LogP contribution in [0.15, 0.2) is 48.6 Å². The second kappa shape index (κ2) is 47.9. The Morgan fingerprint density at radius 2 is 0.841 bits per heavy atom. The van der Waals surface area contributed by atoms with Crippen LogP contribution in [0.5, 0.6) is 0 Å². The standard InChI is InChI=1S/C52H95O10P/c1-3-5-7-9-11-13-15-17-19-21-23-24-26-27-29-31-33-35-37-39-41-43-51(55)59-47-50(48-61-63(57,58)60-46-49(54)45-53)62-52(56)44-42-40-38-36-34-32-30-28-25-22-20-18-16-14-12-10-8-6-4-2/h19,21,24,26,29,31,35,37,49-50,53-54H,3-18,20,22-23,25,27-28,30,32-34,36,38-48H2,1-2H3,(H,57,58)/b21-19+,26-24+,31-29+,37-35+/t49-,50+/m0/s1. The first-order chi connectivity index (χ1) is 30.7. The van der Waals surface area contributed by atoms with Crippen LogP contribution in [-0.4, -0.2) is 65.7 Å². The monoisotopic (exact) mass is 911 g/mol. The maximum atomic E-state index is 12.7. The molecule has 0 rings (SSSR count). The Morgan fingerprint density at radius 3 is 1.29 bits per heavy atom. The summed E-state index contributed by atoms with van der Waals surface area (Å²) in [7, 11) is -4.63. The van der Waals surface area contributed by atoms with E-state index in [1.54, 1.807) is 0 Å². The van der Waals surface area contributed by atoms with Crippen LogP contribution in [0.3, 0.4) is 0 Å². The van der Waals surface area contributed by atoms with E-state index in [1.165, 1.54) is 148 Å². The van der Waals surface area contributed by atoms with E-state index in [0.717, 1.165) is 38.5 Å². The number of esters is 2.